The molecule has 2 heteroatoms. The van der Waals surface area contributed by atoms with Gasteiger partial charge in [-0.25, -0.2) is 0 Å². The van der Waals surface area contributed by atoms with Crippen molar-refractivity contribution < 1.29 is 0 Å². The second-order valence-corrected chi connectivity index (χ2v) is 4.85. The molecular weight excluding hydrogens is 196 g/mol. The van der Waals surface area contributed by atoms with Crippen molar-refractivity contribution in [3.05, 3.63) is 42.1 Å². The fraction of sp³-hybridized carbons (Fsp3) is 0.429. The number of hydrogen-bond donors (Lipinski definition) is 1. The van der Waals surface area contributed by atoms with Gasteiger partial charge in [0.25, 0.3) is 0 Å². The highest BCUT2D eigenvalue weighted by molar-refractivity contribution is 5.70. The van der Waals surface area contributed by atoms with Gasteiger partial charge in [0.05, 0.1) is 0 Å². The Labute approximate surface area is 97.0 Å². The number of nitrogens with one attached hydrogen (secondary N) is 1. The molecule has 2 heterocycles. The SMILES string of the molecule is C=C1N(C)c2ccccc2C12CCNCC2. The Bertz CT molecular complexity index is 430. The molecule has 1 N–H and O–H groups in total. The molecule has 0 aromatic heterocycles. The summed E-state index contributed by atoms with van der Waals surface area (Å²) in [6.45, 7) is 6.52. The number of fused-ring (bicyclic) bond motifs is 2. The van der Waals surface area contributed by atoms with E-state index in [9.17, 15) is 0 Å². The molecule has 84 valence electrons. The number of allylic oxidation sites excluding steroid dienone is 1. The van der Waals surface area contributed by atoms with Gasteiger partial charge in [0, 0.05) is 23.8 Å². The number of likely N-dealkylation sites (N-methyl/N-ethyl adjacent to an activating group) is 1. The summed E-state index contributed by atoms with van der Waals surface area (Å²) in [5.74, 6) is 0. The average Bonchev–Trinajstić information content (AvgIpc) is 2.55. The average molecular weight is 214 g/mol. The molecule has 2 nitrogen and oxygen atoms in total. The third-order valence-corrected chi connectivity index (χ3v) is 4.20. The van der Waals surface area contributed by atoms with E-state index in [0.29, 0.717) is 0 Å². The third kappa shape index (κ3) is 1.11. The molecule has 1 fully saturated rings. The topological polar surface area (TPSA) is 15.3 Å². The maximum atomic E-state index is 4.32. The third-order valence-electron chi connectivity index (χ3n) is 4.20. The van der Waals surface area contributed by atoms with E-state index in [0.717, 1.165) is 13.1 Å². The Kier molecular flexibility index (Phi) is 2.08. The van der Waals surface area contributed by atoms with Crippen LogP contribution in [0.5, 0.6) is 0 Å². The van der Waals surface area contributed by atoms with Gasteiger partial charge in [-0.1, -0.05) is 24.8 Å². The van der Waals surface area contributed by atoms with E-state index in [4.69, 9.17) is 0 Å². The Hall–Kier alpha value is -1.28. The van der Waals surface area contributed by atoms with Gasteiger partial charge in [0.1, 0.15) is 0 Å². The highest BCUT2D eigenvalue weighted by Gasteiger charge is 2.45. The number of anilines is 1. The Balaban J connectivity index is 2.16. The summed E-state index contributed by atoms with van der Waals surface area (Å²) in [7, 11) is 2.14. The van der Waals surface area contributed by atoms with Crippen LogP contribution in [0.2, 0.25) is 0 Å². The lowest BCUT2D eigenvalue weighted by atomic mass is 9.73. The van der Waals surface area contributed by atoms with Gasteiger partial charge >= 0.3 is 0 Å². The number of piperidine rings is 1. The van der Waals surface area contributed by atoms with E-state index >= 15 is 0 Å². The van der Waals surface area contributed by atoms with Crippen LogP contribution in [0.1, 0.15) is 18.4 Å². The fourth-order valence-corrected chi connectivity index (χ4v) is 3.20. The van der Waals surface area contributed by atoms with E-state index in [1.54, 1.807) is 0 Å². The molecular formula is C14H18N2. The van der Waals surface area contributed by atoms with Crippen LogP contribution in [0, 0.1) is 0 Å². The summed E-state index contributed by atoms with van der Waals surface area (Å²) in [4.78, 5) is 2.26. The van der Waals surface area contributed by atoms with E-state index in [1.165, 1.54) is 29.8 Å². The summed E-state index contributed by atoms with van der Waals surface area (Å²) in [5, 5.41) is 3.44. The Morgan fingerprint density at radius 1 is 1.25 bits per heavy atom. The molecule has 1 spiro atoms. The standard InChI is InChI=1S/C14H18N2/c1-11-14(7-9-15-10-8-14)12-5-3-4-6-13(12)16(11)2/h3-6,15H,1,7-10H2,2H3. The van der Waals surface area contributed by atoms with Crippen molar-refractivity contribution in [1.29, 1.82) is 0 Å². The molecule has 0 bridgehead atoms. The normalized spacial score (nSPS) is 22.6. The van der Waals surface area contributed by atoms with Crippen LogP contribution in [0.3, 0.4) is 0 Å². The Morgan fingerprint density at radius 3 is 2.69 bits per heavy atom. The molecule has 2 aliphatic heterocycles. The van der Waals surface area contributed by atoms with Crippen molar-refractivity contribution >= 4 is 5.69 Å². The van der Waals surface area contributed by atoms with Gasteiger partial charge in [-0.15, -0.1) is 0 Å². The second kappa shape index (κ2) is 3.36. The first-order valence-corrected chi connectivity index (χ1v) is 5.99. The molecule has 2 aliphatic rings. The van der Waals surface area contributed by atoms with Crippen LogP contribution in [-0.2, 0) is 5.41 Å². The van der Waals surface area contributed by atoms with Crippen LogP contribution in [0.4, 0.5) is 5.69 Å². The van der Waals surface area contributed by atoms with Gasteiger partial charge in [0.2, 0.25) is 0 Å². The maximum Gasteiger partial charge on any atom is 0.0448 e. The first kappa shape index (κ1) is 9.91. The minimum absolute atomic E-state index is 0.205. The van der Waals surface area contributed by atoms with Crippen LogP contribution in [0.15, 0.2) is 36.5 Å². The molecule has 0 aliphatic carbocycles. The molecule has 0 radical (unpaired) electrons. The molecule has 1 aromatic carbocycles. The molecule has 1 saturated heterocycles. The quantitative estimate of drug-likeness (QED) is 0.712. The summed E-state index contributed by atoms with van der Waals surface area (Å²) in [5.41, 5.74) is 4.30. The maximum absolute atomic E-state index is 4.32. The molecule has 3 rings (SSSR count). The van der Waals surface area contributed by atoms with E-state index in [1.807, 2.05) is 0 Å². The zero-order valence-electron chi connectivity index (χ0n) is 9.79. The number of nitrogens with zero attached hydrogens (tertiary/aromatic N) is 1. The zero-order valence-corrected chi connectivity index (χ0v) is 9.79. The van der Waals surface area contributed by atoms with Gasteiger partial charge < -0.3 is 10.2 Å². The van der Waals surface area contributed by atoms with Gasteiger partial charge in [0.15, 0.2) is 0 Å². The van der Waals surface area contributed by atoms with Gasteiger partial charge in [-0.05, 0) is 37.6 Å². The van der Waals surface area contributed by atoms with Crippen molar-refractivity contribution in [1.82, 2.24) is 5.32 Å². The molecule has 0 saturated carbocycles. The summed E-state index contributed by atoms with van der Waals surface area (Å²) >= 11 is 0. The lowest BCUT2D eigenvalue weighted by molar-refractivity contribution is 0.363. The lowest BCUT2D eigenvalue weighted by Gasteiger charge is -2.36. The first-order chi connectivity index (χ1) is 7.76. The number of benzene rings is 1. The molecule has 0 atom stereocenters. The van der Waals surface area contributed by atoms with E-state index < -0.39 is 0 Å². The van der Waals surface area contributed by atoms with Crippen LogP contribution in [-0.4, -0.2) is 20.1 Å². The first-order valence-electron chi connectivity index (χ1n) is 5.99. The highest BCUT2D eigenvalue weighted by atomic mass is 15.2. The second-order valence-electron chi connectivity index (χ2n) is 4.85. The zero-order chi connectivity index (χ0) is 11.2. The summed E-state index contributed by atoms with van der Waals surface area (Å²) in [6, 6.07) is 8.74. The van der Waals surface area contributed by atoms with Crippen molar-refractivity contribution in [3.8, 4) is 0 Å². The molecule has 0 amide bonds. The van der Waals surface area contributed by atoms with Gasteiger partial charge in [-0.3, -0.25) is 0 Å². The monoisotopic (exact) mass is 214 g/mol. The molecule has 16 heavy (non-hydrogen) atoms. The van der Waals surface area contributed by atoms with Crippen molar-refractivity contribution in [3.63, 3.8) is 0 Å². The fourth-order valence-electron chi connectivity index (χ4n) is 3.20. The number of para-hydroxylation sites is 1. The summed E-state index contributed by atoms with van der Waals surface area (Å²) in [6.07, 6.45) is 2.35. The van der Waals surface area contributed by atoms with E-state index in [-0.39, 0.29) is 5.41 Å². The van der Waals surface area contributed by atoms with Crippen LogP contribution >= 0.6 is 0 Å². The Morgan fingerprint density at radius 2 is 1.94 bits per heavy atom. The molecule has 0 unspecified atom stereocenters. The highest BCUT2D eigenvalue weighted by Crippen LogP contribution is 2.51. The van der Waals surface area contributed by atoms with Gasteiger partial charge in [-0.2, -0.15) is 0 Å². The predicted molar refractivity (Wildman–Crippen MR) is 67.8 cm³/mol. The number of rotatable bonds is 0. The predicted octanol–water partition coefficient (Wildman–Crippen LogP) is 2.27. The van der Waals surface area contributed by atoms with Crippen LogP contribution < -0.4 is 10.2 Å². The minimum Gasteiger partial charge on any atom is -0.348 e. The van der Waals surface area contributed by atoms with E-state index in [2.05, 4.69) is 48.1 Å². The smallest absolute Gasteiger partial charge is 0.0448 e. The van der Waals surface area contributed by atoms with Crippen LogP contribution in [0.25, 0.3) is 0 Å². The van der Waals surface area contributed by atoms with Crippen molar-refractivity contribution in [2.24, 2.45) is 0 Å². The number of hydrogen-bond acceptors (Lipinski definition) is 2. The molecule has 1 aromatic rings. The lowest BCUT2D eigenvalue weighted by Crippen LogP contribution is -2.40. The summed E-state index contributed by atoms with van der Waals surface area (Å²) < 4.78 is 0. The van der Waals surface area contributed by atoms with Crippen molar-refractivity contribution in [2.45, 2.75) is 18.3 Å². The minimum atomic E-state index is 0.205. The van der Waals surface area contributed by atoms with Crippen molar-refractivity contribution in [2.75, 3.05) is 25.0 Å². The largest absolute Gasteiger partial charge is 0.348 e.